The molecule has 1 saturated carbocycles. The second-order valence-corrected chi connectivity index (χ2v) is 8.87. The van der Waals surface area contributed by atoms with Crippen LogP contribution in [0.4, 0.5) is 0 Å². The highest BCUT2D eigenvalue weighted by Crippen LogP contribution is 2.50. The molecule has 1 aliphatic carbocycles. The van der Waals surface area contributed by atoms with E-state index in [9.17, 15) is 9.90 Å². The van der Waals surface area contributed by atoms with E-state index >= 15 is 0 Å². The van der Waals surface area contributed by atoms with Gasteiger partial charge in [-0.15, -0.1) is 0 Å². The molecular formula is C24H30N2O4. The van der Waals surface area contributed by atoms with Crippen LogP contribution in [0.2, 0.25) is 0 Å². The van der Waals surface area contributed by atoms with Crippen LogP contribution >= 0.6 is 0 Å². The largest absolute Gasteiger partial charge is 0.469 e. The number of hydrogen-bond donors (Lipinski definition) is 1. The van der Waals surface area contributed by atoms with Crippen molar-refractivity contribution in [3.05, 3.63) is 48.2 Å². The van der Waals surface area contributed by atoms with Gasteiger partial charge in [-0.05, 0) is 49.1 Å². The molecule has 0 amide bonds. The number of carbonyl (C=O) groups excluding carboxylic acids is 1. The highest BCUT2D eigenvalue weighted by Gasteiger charge is 2.50. The first-order chi connectivity index (χ1) is 14.6. The van der Waals surface area contributed by atoms with Crippen molar-refractivity contribution in [3.63, 3.8) is 0 Å². The van der Waals surface area contributed by atoms with E-state index in [2.05, 4.69) is 29.7 Å². The number of ether oxygens (including phenoxy) is 1. The summed E-state index contributed by atoms with van der Waals surface area (Å²) in [6.45, 7) is 6.22. The summed E-state index contributed by atoms with van der Waals surface area (Å²) in [7, 11) is 1.42. The summed E-state index contributed by atoms with van der Waals surface area (Å²) in [6, 6.07) is 8.57. The molecule has 5 rings (SSSR count). The highest BCUT2D eigenvalue weighted by molar-refractivity contribution is 5.86. The Hall–Kier alpha value is -2.31. The van der Waals surface area contributed by atoms with Crippen molar-refractivity contribution in [2.45, 2.75) is 37.8 Å². The van der Waals surface area contributed by atoms with Gasteiger partial charge in [0.15, 0.2) is 0 Å². The Morgan fingerprint density at radius 3 is 2.97 bits per heavy atom. The van der Waals surface area contributed by atoms with Crippen molar-refractivity contribution >= 4 is 16.9 Å². The summed E-state index contributed by atoms with van der Waals surface area (Å²) in [5.74, 6) is -0.167. The van der Waals surface area contributed by atoms with Gasteiger partial charge in [-0.2, -0.15) is 4.73 Å². The lowest BCUT2D eigenvalue weighted by molar-refractivity contribution is -0.160. The monoisotopic (exact) mass is 410 g/mol. The number of fused-ring (bicyclic) bond motifs is 6. The van der Waals surface area contributed by atoms with Gasteiger partial charge in [0.1, 0.15) is 6.61 Å². The van der Waals surface area contributed by atoms with Gasteiger partial charge in [-0.3, -0.25) is 9.69 Å². The van der Waals surface area contributed by atoms with E-state index in [1.807, 2.05) is 10.8 Å². The summed E-state index contributed by atoms with van der Waals surface area (Å²) in [6.07, 6.45) is 4.62. The number of para-hydroxylation sites is 1. The molecule has 160 valence electrons. The van der Waals surface area contributed by atoms with Crippen molar-refractivity contribution < 1.29 is 19.5 Å². The first-order valence-electron chi connectivity index (χ1n) is 11.0. The third-order valence-corrected chi connectivity index (χ3v) is 7.46. The normalized spacial score (nSPS) is 30.8. The molecule has 2 aromatic rings. The van der Waals surface area contributed by atoms with Gasteiger partial charge in [0, 0.05) is 18.5 Å². The molecule has 0 bridgehead atoms. The van der Waals surface area contributed by atoms with E-state index in [0.29, 0.717) is 18.9 Å². The van der Waals surface area contributed by atoms with Crippen LogP contribution in [-0.2, 0) is 16.0 Å². The Balaban J connectivity index is 1.57. The zero-order valence-electron chi connectivity index (χ0n) is 17.5. The molecule has 30 heavy (non-hydrogen) atoms. The molecule has 6 heteroatoms. The van der Waals surface area contributed by atoms with Crippen LogP contribution in [0.25, 0.3) is 10.9 Å². The van der Waals surface area contributed by atoms with Gasteiger partial charge in [0.2, 0.25) is 0 Å². The van der Waals surface area contributed by atoms with Crippen molar-refractivity contribution in [3.8, 4) is 0 Å². The van der Waals surface area contributed by atoms with Crippen molar-refractivity contribution in [1.29, 1.82) is 0 Å². The van der Waals surface area contributed by atoms with E-state index in [-0.39, 0.29) is 17.9 Å². The first-order valence-corrected chi connectivity index (χ1v) is 11.0. The highest BCUT2D eigenvalue weighted by atomic mass is 16.7. The Kier molecular flexibility index (Phi) is 5.07. The molecular weight excluding hydrogens is 380 g/mol. The fraction of sp³-hybridized carbons (Fsp3) is 0.542. The van der Waals surface area contributed by atoms with E-state index < -0.39 is 12.0 Å². The average molecular weight is 411 g/mol. The number of aliphatic hydroxyl groups is 1. The Morgan fingerprint density at radius 2 is 2.17 bits per heavy atom. The molecule has 2 fully saturated rings. The Labute approximate surface area is 177 Å². The number of aromatic nitrogens is 1. The standard InChI is InChI=1S/C24H30N2O4/c1-3-12-30-26-19-7-5-4-6-16(19)17-10-11-25-14-15-8-9-21(27)22(24(28)29-2)18(15)13-20(25)23(17)26/h3-7,15,18,20-22,27H,1,8-14H2,2H3/t15-,18-,20-,21-,22+/m0/s1. The number of aliphatic hydroxyl groups excluding tert-OH is 1. The van der Waals surface area contributed by atoms with Crippen LogP contribution in [0.3, 0.4) is 0 Å². The summed E-state index contributed by atoms with van der Waals surface area (Å²) < 4.78 is 7.08. The quantitative estimate of drug-likeness (QED) is 0.620. The molecule has 1 aromatic heterocycles. The van der Waals surface area contributed by atoms with Crippen LogP contribution in [0, 0.1) is 17.8 Å². The average Bonchev–Trinajstić information content (AvgIpc) is 3.10. The van der Waals surface area contributed by atoms with Crippen molar-refractivity contribution in [2.24, 2.45) is 17.8 Å². The lowest BCUT2D eigenvalue weighted by Gasteiger charge is -2.51. The van der Waals surface area contributed by atoms with Crippen molar-refractivity contribution in [2.75, 3.05) is 26.8 Å². The number of rotatable bonds is 4. The topological polar surface area (TPSA) is 63.9 Å². The molecule has 0 spiro atoms. The van der Waals surface area contributed by atoms with E-state index in [1.165, 1.54) is 23.8 Å². The third kappa shape index (κ3) is 2.96. The molecule has 0 unspecified atom stereocenters. The van der Waals surface area contributed by atoms with Crippen LogP contribution in [0.15, 0.2) is 36.9 Å². The molecule has 0 radical (unpaired) electrons. The van der Waals surface area contributed by atoms with E-state index in [4.69, 9.17) is 9.57 Å². The molecule has 1 N–H and O–H groups in total. The van der Waals surface area contributed by atoms with Crippen LogP contribution in [0.1, 0.15) is 36.6 Å². The zero-order valence-corrected chi connectivity index (χ0v) is 17.5. The lowest BCUT2D eigenvalue weighted by atomic mass is 9.65. The van der Waals surface area contributed by atoms with E-state index in [1.54, 1.807) is 6.08 Å². The number of esters is 1. The summed E-state index contributed by atoms with van der Waals surface area (Å²) >= 11 is 0. The minimum Gasteiger partial charge on any atom is -0.469 e. The first kappa shape index (κ1) is 19.6. The second kappa shape index (κ2) is 7.75. The third-order valence-electron chi connectivity index (χ3n) is 7.46. The van der Waals surface area contributed by atoms with Crippen molar-refractivity contribution in [1.82, 2.24) is 9.63 Å². The predicted octanol–water partition coefficient (Wildman–Crippen LogP) is 2.74. The lowest BCUT2D eigenvalue weighted by Crippen LogP contribution is -2.53. The molecule has 6 nitrogen and oxygen atoms in total. The number of hydrogen-bond acceptors (Lipinski definition) is 5. The summed E-state index contributed by atoms with van der Waals surface area (Å²) in [4.78, 5) is 21.2. The van der Waals surface area contributed by atoms with Gasteiger partial charge in [-0.1, -0.05) is 30.9 Å². The fourth-order valence-corrected chi connectivity index (χ4v) is 6.17. The number of methoxy groups -OCH3 is 1. The van der Waals surface area contributed by atoms with Gasteiger partial charge in [0.25, 0.3) is 0 Å². The maximum atomic E-state index is 12.6. The number of carbonyl (C=O) groups is 1. The van der Waals surface area contributed by atoms with Gasteiger partial charge >= 0.3 is 5.97 Å². The minimum absolute atomic E-state index is 0.124. The molecule has 1 aromatic carbocycles. The smallest absolute Gasteiger partial charge is 0.311 e. The zero-order chi connectivity index (χ0) is 20.8. The number of piperidine rings is 1. The molecule has 3 heterocycles. The fourth-order valence-electron chi connectivity index (χ4n) is 6.17. The van der Waals surface area contributed by atoms with E-state index in [0.717, 1.165) is 37.9 Å². The molecule has 5 atom stereocenters. The Bertz CT molecular complexity index is 968. The van der Waals surface area contributed by atoms with Crippen LogP contribution in [-0.4, -0.2) is 53.6 Å². The van der Waals surface area contributed by atoms with Gasteiger partial charge in [-0.25, -0.2) is 0 Å². The molecule has 2 aliphatic heterocycles. The Morgan fingerprint density at radius 1 is 1.33 bits per heavy atom. The van der Waals surface area contributed by atoms with Gasteiger partial charge < -0.3 is 14.7 Å². The number of benzene rings is 1. The second-order valence-electron chi connectivity index (χ2n) is 8.87. The van der Waals surface area contributed by atoms with Gasteiger partial charge in [0.05, 0.1) is 36.4 Å². The minimum atomic E-state index is -0.615. The van der Waals surface area contributed by atoms with Crippen LogP contribution in [0.5, 0.6) is 0 Å². The maximum absolute atomic E-state index is 12.6. The summed E-state index contributed by atoms with van der Waals surface area (Å²) in [5.41, 5.74) is 3.63. The maximum Gasteiger partial charge on any atom is 0.311 e. The van der Waals surface area contributed by atoms with Crippen LogP contribution < -0.4 is 4.84 Å². The predicted molar refractivity (Wildman–Crippen MR) is 114 cm³/mol. The molecule has 1 saturated heterocycles. The molecule has 3 aliphatic rings. The summed E-state index contributed by atoms with van der Waals surface area (Å²) in [5, 5.41) is 11.9. The number of nitrogens with zero attached hydrogens (tertiary/aromatic N) is 2. The SMILES string of the molecule is C=CCOn1c2c(c3ccccc31)CCN1C[C@@H]3CC[C@H](O)[C@H](C(=O)OC)[C@H]3C[C@@H]21.